The summed E-state index contributed by atoms with van der Waals surface area (Å²) >= 11 is 0. The Morgan fingerprint density at radius 1 is 0.267 bits per heavy atom. The summed E-state index contributed by atoms with van der Waals surface area (Å²) in [6.45, 7) is 12.0. The first-order chi connectivity index (χ1) is 48.7. The lowest BCUT2D eigenvalue weighted by molar-refractivity contribution is -0.161. The van der Waals surface area contributed by atoms with Gasteiger partial charge >= 0.3 is 39.5 Å². The van der Waals surface area contributed by atoms with Gasteiger partial charge in [-0.25, -0.2) is 9.13 Å². The molecule has 2 unspecified atom stereocenters. The zero-order valence-electron chi connectivity index (χ0n) is 66.4. The maximum absolute atomic E-state index is 13.1. The number of hydrogen-bond acceptors (Lipinski definition) is 15. The Hall–Kier alpha value is -1.94. The molecular formula is C82H160O17P2. The number of phosphoric ester groups is 2. The van der Waals surface area contributed by atoms with Gasteiger partial charge in [-0.05, 0) is 43.4 Å². The molecular weight excluding hydrogens is 1320 g/mol. The van der Waals surface area contributed by atoms with Crippen LogP contribution in [0.1, 0.15) is 427 Å². The summed E-state index contributed by atoms with van der Waals surface area (Å²) in [6, 6.07) is 0. The molecule has 5 atom stereocenters. The zero-order valence-corrected chi connectivity index (χ0v) is 68.2. The lowest BCUT2D eigenvalue weighted by Crippen LogP contribution is -2.30. The smallest absolute Gasteiger partial charge is 0.462 e. The average molecular weight is 1480 g/mol. The number of esters is 4. The summed E-state index contributed by atoms with van der Waals surface area (Å²) in [5.74, 6) is 0.195. The van der Waals surface area contributed by atoms with Crippen LogP contribution in [0, 0.1) is 17.8 Å². The molecule has 19 heteroatoms. The third kappa shape index (κ3) is 76.1. The van der Waals surface area contributed by atoms with Gasteiger partial charge in [-0.3, -0.25) is 37.3 Å². The van der Waals surface area contributed by atoms with Crippen LogP contribution in [0.4, 0.5) is 0 Å². The molecule has 0 fully saturated rings. The van der Waals surface area contributed by atoms with Gasteiger partial charge < -0.3 is 33.8 Å². The number of rotatable bonds is 80. The van der Waals surface area contributed by atoms with Crippen molar-refractivity contribution < 1.29 is 80.2 Å². The molecule has 0 spiro atoms. The van der Waals surface area contributed by atoms with Crippen molar-refractivity contribution in [3.05, 3.63) is 0 Å². The minimum absolute atomic E-state index is 0.107. The maximum Gasteiger partial charge on any atom is 0.472 e. The Morgan fingerprint density at radius 2 is 0.455 bits per heavy atom. The van der Waals surface area contributed by atoms with Crippen molar-refractivity contribution in [2.45, 2.75) is 446 Å². The second kappa shape index (κ2) is 72.3. The lowest BCUT2D eigenvalue weighted by atomic mass is 10.0. The number of unbranched alkanes of at least 4 members (excludes halogenated alkanes) is 48. The van der Waals surface area contributed by atoms with Gasteiger partial charge in [0, 0.05) is 25.7 Å². The van der Waals surface area contributed by atoms with E-state index in [9.17, 15) is 43.2 Å². The highest BCUT2D eigenvalue weighted by Gasteiger charge is 2.30. The Kier molecular flexibility index (Phi) is 70.9. The van der Waals surface area contributed by atoms with Gasteiger partial charge in [0.25, 0.3) is 0 Å². The van der Waals surface area contributed by atoms with E-state index in [0.717, 1.165) is 108 Å². The molecule has 0 aromatic heterocycles. The van der Waals surface area contributed by atoms with Crippen molar-refractivity contribution in [2.75, 3.05) is 39.6 Å². The van der Waals surface area contributed by atoms with Gasteiger partial charge in [0.1, 0.15) is 19.3 Å². The van der Waals surface area contributed by atoms with E-state index in [1.54, 1.807) is 0 Å². The number of aliphatic hydroxyl groups is 1. The van der Waals surface area contributed by atoms with Crippen molar-refractivity contribution >= 4 is 39.5 Å². The van der Waals surface area contributed by atoms with Crippen molar-refractivity contribution in [3.63, 3.8) is 0 Å². The first-order valence-corrected chi connectivity index (χ1v) is 45.3. The molecule has 0 heterocycles. The molecule has 101 heavy (non-hydrogen) atoms. The summed E-state index contributed by atoms with van der Waals surface area (Å²) in [4.78, 5) is 73.1. The quantitative estimate of drug-likeness (QED) is 0.0222. The third-order valence-electron chi connectivity index (χ3n) is 19.1. The van der Waals surface area contributed by atoms with Gasteiger partial charge in [-0.15, -0.1) is 0 Å². The fraction of sp³-hybridized carbons (Fsp3) is 0.951. The number of carbonyl (C=O) groups is 4. The molecule has 0 saturated carbocycles. The first-order valence-electron chi connectivity index (χ1n) is 42.3. The van der Waals surface area contributed by atoms with Gasteiger partial charge in [0.05, 0.1) is 26.4 Å². The van der Waals surface area contributed by atoms with Crippen LogP contribution in [0.25, 0.3) is 0 Å². The summed E-state index contributed by atoms with van der Waals surface area (Å²) < 4.78 is 68.8. The standard InChI is InChI=1S/C82H160O17P2/c1-8-9-10-11-12-13-14-15-16-17-18-19-24-30-35-44-51-58-65-81(86)98-77(69-92-79(84)63-56-49-42-34-29-25-20-22-27-32-39-46-53-60-73(2)3)71-96-100(88,89)94-67-76(83)68-95-101(90,91)97-72-78(70-93-80(85)64-57-50-43-38-37-41-48-55-62-75(6)7)99-82(87)66-59-52-45-36-31-26-21-23-28-33-40-47-54-61-74(4)5/h73-78,83H,8-72H2,1-7H3,(H,88,89)(H,90,91)/t76-,77-,78-/m1/s1. The van der Waals surface area contributed by atoms with Gasteiger partial charge in [-0.1, -0.05) is 376 Å². The van der Waals surface area contributed by atoms with Crippen molar-refractivity contribution in [1.29, 1.82) is 0 Å². The van der Waals surface area contributed by atoms with Crippen LogP contribution in [-0.2, 0) is 65.4 Å². The number of carbonyl (C=O) groups excluding carboxylic acids is 4. The third-order valence-corrected chi connectivity index (χ3v) is 21.0. The van der Waals surface area contributed by atoms with E-state index in [2.05, 4.69) is 48.5 Å². The molecule has 0 rings (SSSR count). The molecule has 0 amide bonds. The van der Waals surface area contributed by atoms with E-state index in [1.807, 2.05) is 0 Å². The fourth-order valence-corrected chi connectivity index (χ4v) is 14.2. The maximum atomic E-state index is 13.1. The van der Waals surface area contributed by atoms with Crippen molar-refractivity contribution in [1.82, 2.24) is 0 Å². The molecule has 0 saturated heterocycles. The van der Waals surface area contributed by atoms with E-state index in [-0.39, 0.29) is 25.7 Å². The minimum atomic E-state index is -4.96. The van der Waals surface area contributed by atoms with Crippen molar-refractivity contribution in [2.24, 2.45) is 17.8 Å². The molecule has 0 bridgehead atoms. The number of ether oxygens (including phenoxy) is 4. The average Bonchev–Trinajstić information content (AvgIpc) is 0.921. The summed E-state index contributed by atoms with van der Waals surface area (Å²) in [7, 11) is -9.92. The van der Waals surface area contributed by atoms with Crippen LogP contribution >= 0.6 is 15.6 Å². The molecule has 0 aromatic carbocycles. The van der Waals surface area contributed by atoms with Gasteiger partial charge in [-0.2, -0.15) is 0 Å². The Morgan fingerprint density at radius 3 is 0.673 bits per heavy atom. The molecule has 17 nitrogen and oxygen atoms in total. The number of hydrogen-bond donors (Lipinski definition) is 3. The molecule has 0 aliphatic carbocycles. The monoisotopic (exact) mass is 1480 g/mol. The summed E-state index contributed by atoms with van der Waals surface area (Å²) in [5.41, 5.74) is 0. The molecule has 600 valence electrons. The van der Waals surface area contributed by atoms with E-state index < -0.39 is 97.5 Å². The second-order valence-electron chi connectivity index (χ2n) is 30.9. The topological polar surface area (TPSA) is 237 Å². The normalized spacial score (nSPS) is 14.0. The number of aliphatic hydroxyl groups excluding tert-OH is 1. The van der Waals surface area contributed by atoms with Crippen LogP contribution < -0.4 is 0 Å². The summed E-state index contributed by atoms with van der Waals surface area (Å²) in [6.07, 6.45) is 61.0. The Bertz CT molecular complexity index is 1960. The lowest BCUT2D eigenvalue weighted by Gasteiger charge is -2.21. The SMILES string of the molecule is CCCCCCCCCCCCCCCCCCCCC(=O)O[C@H](COC(=O)CCCCCCCCCCCCCCCC(C)C)COP(=O)(O)OC[C@@H](O)COP(=O)(O)OC[C@@H](COC(=O)CCCCCCCCCCC(C)C)OC(=O)CCCCCCCCCCCCCCCC(C)C. The van der Waals surface area contributed by atoms with Crippen LogP contribution in [0.2, 0.25) is 0 Å². The second-order valence-corrected chi connectivity index (χ2v) is 33.8. The highest BCUT2D eigenvalue weighted by Crippen LogP contribution is 2.45. The molecule has 0 radical (unpaired) electrons. The predicted molar refractivity (Wildman–Crippen MR) is 414 cm³/mol. The van der Waals surface area contributed by atoms with E-state index >= 15 is 0 Å². The van der Waals surface area contributed by atoms with Crippen LogP contribution in [-0.4, -0.2) is 96.7 Å². The highest BCUT2D eigenvalue weighted by molar-refractivity contribution is 7.47. The fourth-order valence-electron chi connectivity index (χ4n) is 12.7. The molecule has 0 aliphatic heterocycles. The highest BCUT2D eigenvalue weighted by atomic mass is 31.2. The van der Waals surface area contributed by atoms with Crippen LogP contribution in [0.3, 0.4) is 0 Å². The van der Waals surface area contributed by atoms with Gasteiger partial charge in [0.15, 0.2) is 12.2 Å². The Balaban J connectivity index is 5.26. The van der Waals surface area contributed by atoms with E-state index in [1.165, 1.54) is 238 Å². The van der Waals surface area contributed by atoms with Crippen LogP contribution in [0.5, 0.6) is 0 Å². The zero-order chi connectivity index (χ0) is 74.4. The van der Waals surface area contributed by atoms with E-state index in [4.69, 9.17) is 37.0 Å². The molecule has 0 aliphatic rings. The predicted octanol–water partition coefficient (Wildman–Crippen LogP) is 24.5. The largest absolute Gasteiger partial charge is 0.472 e. The number of phosphoric acid groups is 2. The molecule has 3 N–H and O–H groups in total. The first kappa shape index (κ1) is 99.1. The minimum Gasteiger partial charge on any atom is -0.462 e. The van der Waals surface area contributed by atoms with Crippen molar-refractivity contribution in [3.8, 4) is 0 Å². The van der Waals surface area contributed by atoms with Crippen LogP contribution in [0.15, 0.2) is 0 Å². The van der Waals surface area contributed by atoms with Gasteiger partial charge in [0.2, 0.25) is 0 Å². The molecule has 0 aromatic rings. The summed E-state index contributed by atoms with van der Waals surface area (Å²) in [5, 5.41) is 10.7. The Labute approximate surface area is 619 Å². The van der Waals surface area contributed by atoms with E-state index in [0.29, 0.717) is 25.7 Å².